The van der Waals surface area contributed by atoms with Gasteiger partial charge in [-0.15, -0.1) is 0 Å². The summed E-state index contributed by atoms with van der Waals surface area (Å²) in [7, 11) is 0. The van der Waals surface area contributed by atoms with E-state index in [9.17, 15) is 38.4 Å². The summed E-state index contributed by atoms with van der Waals surface area (Å²) in [4.78, 5) is 104. The average Bonchev–Trinajstić information content (AvgIpc) is 3.86. The molecule has 0 fully saturated rings. The fourth-order valence-electron chi connectivity index (χ4n) is 6.06. The second-order valence-electron chi connectivity index (χ2n) is 11.5. The van der Waals surface area contributed by atoms with Crippen LogP contribution < -0.4 is 29.1 Å². The van der Waals surface area contributed by atoms with Crippen LogP contribution in [0, 0.1) is 0 Å². The van der Waals surface area contributed by atoms with Gasteiger partial charge in [0.2, 0.25) is 0 Å². The number of nitrogens with zero attached hydrogens (tertiary/aromatic N) is 4. The van der Waals surface area contributed by atoms with Crippen molar-refractivity contribution in [2.75, 3.05) is 19.6 Å². The highest BCUT2D eigenvalue weighted by molar-refractivity contribution is 6.32. The smallest absolute Gasteiger partial charge is 0.258 e. The summed E-state index contributed by atoms with van der Waals surface area (Å²) in [6, 6.07) is 18.5. The van der Waals surface area contributed by atoms with Crippen molar-refractivity contribution in [1.82, 2.24) is 0 Å². The average molecular weight is 693 g/mol. The minimum atomic E-state index is -0.653. The number of carbonyl (C=O) groups excluding carboxylic acids is 8. The Balaban J connectivity index is 1.18. The number of rotatable bonds is 8. The maximum atomic E-state index is 12.8. The molecular formula is C38H20N4O10. The molecule has 0 bridgehead atoms. The summed E-state index contributed by atoms with van der Waals surface area (Å²) in [5, 5.41) is 1.02. The standard InChI is InChI=1S/C38H20N4O10/c43-31-11-12-32(44)39(31)21-7-9-29(25(19-21)41-35(47)15-16-36(41)48)51-27-5-1-3-23-24(27)4-2-6-28(23)52-30-10-8-22(40-33(45)13-14-34(40)46)20-26(30)42-37(49)17-18-38(42)50/h1-20H. The Morgan fingerprint density at radius 3 is 0.962 bits per heavy atom. The highest BCUT2D eigenvalue weighted by Crippen LogP contribution is 2.43. The van der Waals surface area contributed by atoms with Crippen LogP contribution in [0.5, 0.6) is 23.0 Å². The van der Waals surface area contributed by atoms with Crippen molar-refractivity contribution in [2.45, 2.75) is 0 Å². The van der Waals surface area contributed by atoms with Crippen LogP contribution >= 0.6 is 0 Å². The SMILES string of the molecule is O=C1C=CC(=O)N1c1ccc(Oc2cccc3c(Oc4ccc(N5C(=O)C=CC5=O)cc4N4C(=O)C=CC4=O)cccc23)c(N2C(=O)C=CC2=O)c1. The minimum Gasteiger partial charge on any atom is -0.455 e. The second-order valence-corrected chi connectivity index (χ2v) is 11.5. The van der Waals surface area contributed by atoms with Gasteiger partial charge < -0.3 is 9.47 Å². The third-order valence-electron chi connectivity index (χ3n) is 8.40. The number of ether oxygens (including phenoxy) is 2. The number of benzene rings is 4. The van der Waals surface area contributed by atoms with Gasteiger partial charge >= 0.3 is 0 Å². The molecule has 14 nitrogen and oxygen atoms in total. The molecule has 4 aromatic carbocycles. The lowest BCUT2D eigenvalue weighted by Crippen LogP contribution is -2.32. The first-order valence-corrected chi connectivity index (χ1v) is 15.5. The molecule has 8 rings (SSSR count). The molecule has 0 atom stereocenters. The molecule has 14 heteroatoms. The van der Waals surface area contributed by atoms with E-state index in [-0.39, 0.29) is 45.7 Å². The van der Waals surface area contributed by atoms with Gasteiger partial charge in [0.05, 0.1) is 22.7 Å². The van der Waals surface area contributed by atoms with E-state index in [4.69, 9.17) is 9.47 Å². The second kappa shape index (κ2) is 12.0. The van der Waals surface area contributed by atoms with Crippen molar-refractivity contribution in [3.63, 3.8) is 0 Å². The Hall–Kier alpha value is -7.74. The number of hydrogen-bond acceptors (Lipinski definition) is 10. The van der Waals surface area contributed by atoms with Crippen LogP contribution in [0.25, 0.3) is 10.8 Å². The van der Waals surface area contributed by atoms with Crippen molar-refractivity contribution < 1.29 is 47.8 Å². The lowest BCUT2D eigenvalue weighted by molar-refractivity contribution is -0.121. The third kappa shape index (κ3) is 5.14. The number of carbonyl (C=O) groups is 8. The largest absolute Gasteiger partial charge is 0.455 e. The third-order valence-corrected chi connectivity index (χ3v) is 8.40. The molecule has 0 N–H and O–H groups in total. The van der Waals surface area contributed by atoms with E-state index in [0.29, 0.717) is 10.8 Å². The summed E-state index contributed by atoms with van der Waals surface area (Å²) in [6.45, 7) is 0. The zero-order valence-electron chi connectivity index (χ0n) is 26.4. The molecule has 4 aliphatic rings. The van der Waals surface area contributed by atoms with Gasteiger partial charge in [-0.25, -0.2) is 19.6 Å². The van der Waals surface area contributed by atoms with Gasteiger partial charge in [0.25, 0.3) is 47.3 Å². The highest BCUT2D eigenvalue weighted by atomic mass is 16.5. The van der Waals surface area contributed by atoms with Crippen molar-refractivity contribution in [3.05, 3.63) is 121 Å². The fourth-order valence-corrected chi connectivity index (χ4v) is 6.06. The summed E-state index contributed by atoms with van der Waals surface area (Å²) >= 11 is 0. The number of anilines is 4. The van der Waals surface area contributed by atoms with Gasteiger partial charge in [-0.05, 0) is 48.5 Å². The van der Waals surface area contributed by atoms with Crippen LogP contribution in [0.2, 0.25) is 0 Å². The molecule has 52 heavy (non-hydrogen) atoms. The van der Waals surface area contributed by atoms with Gasteiger partial charge in [0.1, 0.15) is 11.5 Å². The monoisotopic (exact) mass is 692 g/mol. The molecule has 0 aliphatic carbocycles. The van der Waals surface area contributed by atoms with E-state index in [2.05, 4.69) is 0 Å². The topological polar surface area (TPSA) is 168 Å². The van der Waals surface area contributed by atoms with Crippen LogP contribution in [-0.4, -0.2) is 47.3 Å². The molecule has 0 radical (unpaired) electrons. The van der Waals surface area contributed by atoms with E-state index < -0.39 is 47.3 Å². The van der Waals surface area contributed by atoms with Crippen molar-refractivity contribution in [2.24, 2.45) is 0 Å². The normalized spacial score (nSPS) is 16.7. The Labute approximate surface area is 292 Å². The Kier molecular flexibility index (Phi) is 7.27. The first kappa shape index (κ1) is 31.5. The number of imide groups is 4. The summed E-state index contributed by atoms with van der Waals surface area (Å²) < 4.78 is 12.6. The van der Waals surface area contributed by atoms with E-state index >= 15 is 0 Å². The van der Waals surface area contributed by atoms with E-state index in [0.717, 1.165) is 68.2 Å². The maximum absolute atomic E-state index is 12.8. The summed E-state index contributed by atoms with van der Waals surface area (Å²) in [6.07, 6.45) is 8.79. The van der Waals surface area contributed by atoms with Gasteiger partial charge in [0.15, 0.2) is 11.5 Å². The summed E-state index contributed by atoms with van der Waals surface area (Å²) in [5.41, 5.74) is 0.200. The van der Waals surface area contributed by atoms with Crippen LogP contribution in [0.1, 0.15) is 0 Å². The van der Waals surface area contributed by atoms with Crippen molar-refractivity contribution in [3.8, 4) is 23.0 Å². The van der Waals surface area contributed by atoms with Crippen molar-refractivity contribution in [1.29, 1.82) is 0 Å². The lowest BCUT2D eigenvalue weighted by Gasteiger charge is -2.23. The van der Waals surface area contributed by atoms with E-state index in [1.165, 1.54) is 36.4 Å². The Morgan fingerprint density at radius 2 is 0.635 bits per heavy atom. The molecule has 0 saturated heterocycles. The Morgan fingerprint density at radius 1 is 0.327 bits per heavy atom. The van der Waals surface area contributed by atoms with Crippen LogP contribution in [0.3, 0.4) is 0 Å². The Bertz CT molecular complexity index is 2270. The maximum Gasteiger partial charge on any atom is 0.258 e. The van der Waals surface area contributed by atoms with Gasteiger partial charge in [0, 0.05) is 59.4 Å². The van der Waals surface area contributed by atoms with Gasteiger partial charge in [-0.2, -0.15) is 0 Å². The lowest BCUT2D eigenvalue weighted by atomic mass is 10.1. The van der Waals surface area contributed by atoms with Crippen LogP contribution in [0.4, 0.5) is 22.7 Å². The molecule has 4 aliphatic heterocycles. The minimum absolute atomic E-state index is 0.0159. The van der Waals surface area contributed by atoms with Crippen molar-refractivity contribution >= 4 is 80.8 Å². The molecule has 0 saturated carbocycles. The fraction of sp³-hybridized carbons (Fsp3) is 0. The highest BCUT2D eigenvalue weighted by Gasteiger charge is 2.33. The zero-order valence-corrected chi connectivity index (χ0v) is 26.4. The predicted molar refractivity (Wildman–Crippen MR) is 184 cm³/mol. The molecule has 0 aromatic heterocycles. The molecule has 8 amide bonds. The van der Waals surface area contributed by atoms with Crippen LogP contribution in [0.15, 0.2) is 121 Å². The molecule has 0 unspecified atom stereocenters. The summed E-state index contributed by atoms with van der Waals surface area (Å²) in [5.74, 6) is -4.34. The number of hydrogen-bond donors (Lipinski definition) is 0. The van der Waals surface area contributed by atoms with Crippen LogP contribution in [-0.2, 0) is 38.4 Å². The molecule has 252 valence electrons. The molecule has 0 spiro atoms. The quantitative estimate of drug-likeness (QED) is 0.245. The number of amides is 8. The first-order valence-electron chi connectivity index (χ1n) is 15.5. The first-order chi connectivity index (χ1) is 25.1. The van der Waals surface area contributed by atoms with E-state index in [1.54, 1.807) is 36.4 Å². The predicted octanol–water partition coefficient (Wildman–Crippen LogP) is 4.14. The molecule has 4 aromatic rings. The van der Waals surface area contributed by atoms with Gasteiger partial charge in [-0.3, -0.25) is 38.4 Å². The zero-order chi connectivity index (χ0) is 36.3. The number of fused-ring (bicyclic) bond motifs is 1. The van der Waals surface area contributed by atoms with E-state index in [1.807, 2.05) is 0 Å². The molecule has 4 heterocycles. The molecular weight excluding hydrogens is 672 g/mol. The van der Waals surface area contributed by atoms with Gasteiger partial charge in [-0.1, -0.05) is 24.3 Å².